The molecular weight excluding hydrogens is 96.1 g/mol. The molecule has 0 unspecified atom stereocenters. The lowest BCUT2D eigenvalue weighted by molar-refractivity contribution is 1.06. The highest BCUT2D eigenvalue weighted by molar-refractivity contribution is 4.95. The van der Waals surface area contributed by atoms with Gasteiger partial charge in [-0.05, 0) is 19.8 Å². The first kappa shape index (κ1) is 10.7. The van der Waals surface area contributed by atoms with Crippen LogP contribution in [0.5, 0.6) is 0 Å². The minimum absolute atomic E-state index is 0. The van der Waals surface area contributed by atoms with E-state index in [2.05, 4.69) is 26.8 Å². The van der Waals surface area contributed by atoms with Gasteiger partial charge in [-0.3, -0.25) is 0 Å². The van der Waals surface area contributed by atoms with E-state index in [4.69, 9.17) is 0 Å². The summed E-state index contributed by atoms with van der Waals surface area (Å²) in [6, 6.07) is 0. The van der Waals surface area contributed by atoms with Crippen molar-refractivity contribution < 1.29 is 0 Å². The van der Waals surface area contributed by atoms with Crippen molar-refractivity contribution in [2.75, 3.05) is 0 Å². The summed E-state index contributed by atoms with van der Waals surface area (Å²) in [7, 11) is 0. The summed E-state index contributed by atoms with van der Waals surface area (Å²) < 4.78 is 0. The van der Waals surface area contributed by atoms with Gasteiger partial charge in [0.1, 0.15) is 0 Å². The van der Waals surface area contributed by atoms with Crippen LogP contribution in [0.3, 0.4) is 0 Å². The molecule has 0 rings (SSSR count). The van der Waals surface area contributed by atoms with Crippen LogP contribution in [0.1, 0.15) is 41.0 Å². The van der Waals surface area contributed by atoms with Crippen molar-refractivity contribution in [2.45, 2.75) is 41.0 Å². The van der Waals surface area contributed by atoms with Crippen LogP contribution < -0.4 is 0 Å². The summed E-state index contributed by atoms with van der Waals surface area (Å²) in [4.78, 5) is 0. The van der Waals surface area contributed by atoms with Crippen LogP contribution in [0, 0.1) is 0 Å². The van der Waals surface area contributed by atoms with Gasteiger partial charge >= 0.3 is 0 Å². The molecule has 50 valence electrons. The average Bonchev–Trinajstić information content (AvgIpc) is 1.68. The molecule has 0 saturated carbocycles. The van der Waals surface area contributed by atoms with E-state index in [0.717, 1.165) is 0 Å². The van der Waals surface area contributed by atoms with Crippen LogP contribution in [0.4, 0.5) is 0 Å². The first-order valence-electron chi connectivity index (χ1n) is 2.96. The third kappa shape index (κ3) is 5.74. The Morgan fingerprint density at radius 1 is 1.38 bits per heavy atom. The second kappa shape index (κ2) is 6.74. The molecule has 0 aromatic heterocycles. The molecule has 0 fully saturated rings. The van der Waals surface area contributed by atoms with Crippen molar-refractivity contribution in [2.24, 2.45) is 0 Å². The van der Waals surface area contributed by atoms with E-state index < -0.39 is 0 Å². The summed E-state index contributed by atoms with van der Waals surface area (Å²) in [6.45, 7) is 6.52. The smallest absolute Gasteiger partial charge is 0.0352 e. The molecule has 0 aliphatic carbocycles. The molecule has 0 heterocycles. The van der Waals surface area contributed by atoms with E-state index in [1.807, 2.05) is 0 Å². The Hall–Kier alpha value is -0.260. The number of hydrogen-bond donors (Lipinski definition) is 0. The fourth-order valence-corrected chi connectivity index (χ4v) is 0.493. The predicted molar refractivity (Wildman–Crippen MR) is 41.1 cm³/mol. The Balaban J connectivity index is 0. The topological polar surface area (TPSA) is 0 Å². The molecular formula is C8H18. The molecule has 0 bridgehead atoms. The van der Waals surface area contributed by atoms with Crippen molar-refractivity contribution >= 4 is 0 Å². The van der Waals surface area contributed by atoms with Crippen molar-refractivity contribution in [3.05, 3.63) is 11.6 Å². The van der Waals surface area contributed by atoms with Crippen LogP contribution >= 0.6 is 0 Å². The van der Waals surface area contributed by atoms with E-state index in [9.17, 15) is 0 Å². The molecule has 0 nitrogen and oxygen atoms in total. The first-order chi connectivity index (χ1) is 3.31. The maximum atomic E-state index is 2.26. The molecule has 0 aliphatic rings. The minimum atomic E-state index is 0. The molecule has 0 N–H and O–H groups in total. The van der Waals surface area contributed by atoms with Gasteiger partial charge in [-0.15, -0.1) is 0 Å². The molecule has 0 aromatic rings. The Labute approximate surface area is 53.6 Å². The molecule has 0 heteroatoms. The average molecular weight is 114 g/mol. The van der Waals surface area contributed by atoms with Gasteiger partial charge in [-0.25, -0.2) is 0 Å². The number of hydrogen-bond acceptors (Lipinski definition) is 0. The second-order valence-electron chi connectivity index (χ2n) is 1.81. The summed E-state index contributed by atoms with van der Waals surface area (Å²) in [5, 5.41) is 0. The first-order valence-corrected chi connectivity index (χ1v) is 2.96. The van der Waals surface area contributed by atoms with Gasteiger partial charge in [0.2, 0.25) is 0 Å². The van der Waals surface area contributed by atoms with E-state index in [-0.39, 0.29) is 7.43 Å². The van der Waals surface area contributed by atoms with Crippen LogP contribution in [0.25, 0.3) is 0 Å². The molecule has 0 saturated heterocycles. The van der Waals surface area contributed by atoms with E-state index in [0.29, 0.717) is 0 Å². The van der Waals surface area contributed by atoms with Gasteiger partial charge in [0.05, 0.1) is 0 Å². The molecule has 8 heavy (non-hydrogen) atoms. The van der Waals surface area contributed by atoms with E-state index in [1.165, 1.54) is 18.4 Å². The molecule has 0 atom stereocenters. The van der Waals surface area contributed by atoms with Gasteiger partial charge in [-0.2, -0.15) is 0 Å². The van der Waals surface area contributed by atoms with Gasteiger partial charge in [0.15, 0.2) is 0 Å². The van der Waals surface area contributed by atoms with E-state index in [1.54, 1.807) is 0 Å². The summed E-state index contributed by atoms with van der Waals surface area (Å²) in [6.07, 6.45) is 4.65. The standard InChI is InChI=1S/C7H14.CH4/c1-4-6-7(3)5-2;/h6H,4-5H2,1-3H3;1H4. The largest absolute Gasteiger partial charge is 0.0859 e. The van der Waals surface area contributed by atoms with Gasteiger partial charge in [-0.1, -0.05) is 32.9 Å². The van der Waals surface area contributed by atoms with Crippen LogP contribution in [-0.2, 0) is 0 Å². The third-order valence-corrected chi connectivity index (χ3v) is 1.11. The zero-order valence-electron chi connectivity index (χ0n) is 5.49. The minimum Gasteiger partial charge on any atom is -0.0859 e. The normalized spacial score (nSPS) is 10.6. The zero-order chi connectivity index (χ0) is 5.70. The van der Waals surface area contributed by atoms with Crippen LogP contribution in [0.2, 0.25) is 0 Å². The number of rotatable bonds is 2. The van der Waals surface area contributed by atoms with E-state index >= 15 is 0 Å². The van der Waals surface area contributed by atoms with Crippen molar-refractivity contribution in [3.63, 3.8) is 0 Å². The Morgan fingerprint density at radius 3 is 2.00 bits per heavy atom. The van der Waals surface area contributed by atoms with Crippen molar-refractivity contribution in [3.8, 4) is 0 Å². The van der Waals surface area contributed by atoms with Crippen molar-refractivity contribution in [1.82, 2.24) is 0 Å². The highest BCUT2D eigenvalue weighted by Crippen LogP contribution is 1.97. The lowest BCUT2D eigenvalue weighted by atomic mass is 10.2. The van der Waals surface area contributed by atoms with Crippen LogP contribution in [-0.4, -0.2) is 0 Å². The summed E-state index contributed by atoms with van der Waals surface area (Å²) in [5.74, 6) is 0. The zero-order valence-corrected chi connectivity index (χ0v) is 5.49. The molecule has 0 spiro atoms. The van der Waals surface area contributed by atoms with Gasteiger partial charge in [0, 0.05) is 0 Å². The fourth-order valence-electron chi connectivity index (χ4n) is 0.493. The highest BCUT2D eigenvalue weighted by Gasteiger charge is 1.76. The maximum Gasteiger partial charge on any atom is -0.0352 e. The van der Waals surface area contributed by atoms with Gasteiger partial charge < -0.3 is 0 Å². The van der Waals surface area contributed by atoms with Crippen LogP contribution in [0.15, 0.2) is 11.6 Å². The summed E-state index contributed by atoms with van der Waals surface area (Å²) in [5.41, 5.74) is 1.50. The number of allylic oxidation sites excluding steroid dienone is 2. The monoisotopic (exact) mass is 114 g/mol. The Kier molecular flexibility index (Phi) is 8.99. The second-order valence-corrected chi connectivity index (χ2v) is 1.81. The quantitative estimate of drug-likeness (QED) is 0.483. The third-order valence-electron chi connectivity index (χ3n) is 1.11. The van der Waals surface area contributed by atoms with Crippen molar-refractivity contribution in [1.29, 1.82) is 0 Å². The lowest BCUT2D eigenvalue weighted by Gasteiger charge is -1.88. The molecule has 0 radical (unpaired) electrons. The molecule has 0 aliphatic heterocycles. The van der Waals surface area contributed by atoms with Gasteiger partial charge in [0.25, 0.3) is 0 Å². The lowest BCUT2D eigenvalue weighted by Crippen LogP contribution is -1.67. The summed E-state index contributed by atoms with van der Waals surface area (Å²) >= 11 is 0. The molecule has 0 aromatic carbocycles. The fraction of sp³-hybridized carbons (Fsp3) is 0.750. The maximum absolute atomic E-state index is 2.26. The Morgan fingerprint density at radius 2 is 1.88 bits per heavy atom. The SMILES string of the molecule is C.CCC=C(C)CC. The molecule has 0 amide bonds. The Bertz CT molecular complexity index is 60.4. The highest BCUT2D eigenvalue weighted by atomic mass is 13.8. The predicted octanol–water partition coefficient (Wildman–Crippen LogP) is 3.39.